The Kier molecular flexibility index (Phi) is 6.12. The Labute approximate surface area is 215 Å². The van der Waals surface area contributed by atoms with Crippen molar-refractivity contribution in [2.45, 2.75) is 57.7 Å². The zero-order chi connectivity index (χ0) is 25.5. The minimum atomic E-state index is -0.577. The highest BCUT2D eigenvalue weighted by Gasteiger charge is 2.39. The van der Waals surface area contributed by atoms with Gasteiger partial charge in [0.25, 0.3) is 5.91 Å². The number of benzene rings is 2. The maximum Gasteiger partial charge on any atom is 0.255 e. The molecule has 0 spiro atoms. The molecule has 0 bridgehead atoms. The molecule has 1 aromatic heterocycles. The van der Waals surface area contributed by atoms with E-state index in [0.717, 1.165) is 55.1 Å². The van der Waals surface area contributed by atoms with Crippen molar-refractivity contribution < 1.29 is 18.8 Å². The van der Waals surface area contributed by atoms with Crippen LogP contribution in [0.5, 0.6) is 0 Å². The number of aromatic nitrogens is 1. The van der Waals surface area contributed by atoms with Gasteiger partial charge in [-0.2, -0.15) is 0 Å². The summed E-state index contributed by atoms with van der Waals surface area (Å²) in [6.45, 7) is 5.11. The van der Waals surface area contributed by atoms with Crippen LogP contribution in [0.25, 0.3) is 11.5 Å². The summed E-state index contributed by atoms with van der Waals surface area (Å²) in [4.78, 5) is 45.6. The molecule has 2 aromatic carbocycles. The third kappa shape index (κ3) is 4.57. The first-order valence-corrected chi connectivity index (χ1v) is 13.0. The number of amides is 3. The van der Waals surface area contributed by atoms with E-state index in [1.807, 2.05) is 43.3 Å². The summed E-state index contributed by atoms with van der Waals surface area (Å²) in [6, 6.07) is 15.5. The fourth-order valence-electron chi connectivity index (χ4n) is 5.76. The summed E-state index contributed by atoms with van der Waals surface area (Å²) < 4.78 is 5.94. The van der Waals surface area contributed by atoms with Gasteiger partial charge in [0, 0.05) is 30.6 Å². The molecule has 3 amide bonds. The molecular weight excluding hydrogens is 468 g/mol. The van der Waals surface area contributed by atoms with E-state index in [2.05, 4.69) is 22.3 Å². The van der Waals surface area contributed by atoms with E-state index in [4.69, 9.17) is 9.40 Å². The number of piperidine rings is 2. The topological polar surface area (TPSA) is 95.8 Å². The molecule has 0 aliphatic carbocycles. The Bertz CT molecular complexity index is 1360. The van der Waals surface area contributed by atoms with E-state index < -0.39 is 6.04 Å². The monoisotopic (exact) mass is 498 g/mol. The maximum atomic E-state index is 13.0. The Hall–Kier alpha value is -3.78. The van der Waals surface area contributed by atoms with E-state index in [1.165, 1.54) is 5.56 Å². The fraction of sp³-hybridized carbons (Fsp3) is 0.379. The second kappa shape index (κ2) is 9.59. The molecule has 3 aliphatic heterocycles. The average Bonchev–Trinajstić information content (AvgIpc) is 3.44. The number of nitrogens with one attached hydrogen (secondary N) is 1. The summed E-state index contributed by atoms with van der Waals surface area (Å²) in [5.41, 5.74) is 4.87. The molecule has 2 fully saturated rings. The minimum Gasteiger partial charge on any atom is -0.441 e. The van der Waals surface area contributed by atoms with E-state index in [0.29, 0.717) is 30.3 Å². The van der Waals surface area contributed by atoms with Crippen molar-refractivity contribution in [1.82, 2.24) is 20.1 Å². The third-order valence-electron chi connectivity index (χ3n) is 7.89. The summed E-state index contributed by atoms with van der Waals surface area (Å²) in [5.74, 6) is 1.20. The van der Waals surface area contributed by atoms with Gasteiger partial charge in [-0.15, -0.1) is 0 Å². The number of hydrogen-bond donors (Lipinski definition) is 1. The van der Waals surface area contributed by atoms with Gasteiger partial charge in [0.2, 0.25) is 17.7 Å². The number of rotatable bonds is 5. The molecular formula is C29H30N4O4. The van der Waals surface area contributed by atoms with E-state index in [1.54, 1.807) is 4.90 Å². The van der Waals surface area contributed by atoms with Crippen molar-refractivity contribution in [2.24, 2.45) is 0 Å². The molecule has 190 valence electrons. The van der Waals surface area contributed by atoms with Crippen molar-refractivity contribution in [3.05, 3.63) is 76.7 Å². The van der Waals surface area contributed by atoms with Crippen molar-refractivity contribution in [2.75, 3.05) is 13.1 Å². The molecule has 37 heavy (non-hydrogen) atoms. The van der Waals surface area contributed by atoms with Gasteiger partial charge in [0.1, 0.15) is 11.8 Å². The Morgan fingerprint density at radius 3 is 2.57 bits per heavy atom. The van der Waals surface area contributed by atoms with Crippen LogP contribution >= 0.6 is 0 Å². The van der Waals surface area contributed by atoms with Gasteiger partial charge < -0.3 is 9.32 Å². The Morgan fingerprint density at radius 2 is 1.81 bits per heavy atom. The molecule has 8 heteroatoms. The number of imide groups is 1. The number of likely N-dealkylation sites (tertiary alicyclic amines) is 1. The number of aryl methyl sites for hydroxylation is 1. The van der Waals surface area contributed by atoms with Crippen LogP contribution in [0.2, 0.25) is 0 Å². The molecule has 8 nitrogen and oxygen atoms in total. The van der Waals surface area contributed by atoms with Gasteiger partial charge in [-0.05, 0) is 74.5 Å². The molecule has 6 rings (SSSR count). The van der Waals surface area contributed by atoms with Crippen LogP contribution in [0.3, 0.4) is 0 Å². The Balaban J connectivity index is 1.08. The summed E-state index contributed by atoms with van der Waals surface area (Å²) >= 11 is 0. The van der Waals surface area contributed by atoms with Crippen LogP contribution in [-0.4, -0.2) is 51.6 Å². The summed E-state index contributed by atoms with van der Waals surface area (Å²) in [6.07, 6.45) is 2.72. The van der Waals surface area contributed by atoms with Crippen molar-refractivity contribution in [1.29, 1.82) is 0 Å². The first kappa shape index (κ1) is 23.6. The predicted octanol–water partition coefficient (Wildman–Crippen LogP) is 3.79. The highest BCUT2D eigenvalue weighted by Crippen LogP contribution is 2.34. The van der Waals surface area contributed by atoms with Crippen molar-refractivity contribution in [3.8, 4) is 11.5 Å². The number of oxazole rings is 1. The molecule has 1 unspecified atom stereocenters. The molecule has 1 atom stereocenters. The van der Waals surface area contributed by atoms with Gasteiger partial charge in [-0.1, -0.05) is 30.3 Å². The zero-order valence-electron chi connectivity index (χ0n) is 20.9. The predicted molar refractivity (Wildman–Crippen MR) is 136 cm³/mol. The highest BCUT2D eigenvalue weighted by molar-refractivity contribution is 6.05. The second-order valence-electron chi connectivity index (χ2n) is 10.3. The third-order valence-corrected chi connectivity index (χ3v) is 7.89. The Morgan fingerprint density at radius 1 is 1.03 bits per heavy atom. The normalized spacial score (nSPS) is 20.8. The van der Waals surface area contributed by atoms with Gasteiger partial charge in [0.15, 0.2) is 0 Å². The lowest BCUT2D eigenvalue weighted by Crippen LogP contribution is -2.52. The van der Waals surface area contributed by atoms with Crippen molar-refractivity contribution >= 4 is 17.7 Å². The number of nitrogens with zero attached hydrogens (tertiary/aromatic N) is 3. The lowest BCUT2D eigenvalue weighted by Gasteiger charge is -2.32. The molecule has 0 saturated carbocycles. The van der Waals surface area contributed by atoms with Crippen LogP contribution in [0, 0.1) is 6.92 Å². The van der Waals surface area contributed by atoms with Crippen LogP contribution < -0.4 is 5.32 Å². The van der Waals surface area contributed by atoms with Gasteiger partial charge in [-0.3, -0.25) is 24.6 Å². The lowest BCUT2D eigenvalue weighted by molar-refractivity contribution is -0.136. The fourth-order valence-corrected chi connectivity index (χ4v) is 5.76. The van der Waals surface area contributed by atoms with Crippen LogP contribution in [0.15, 0.2) is 52.9 Å². The average molecular weight is 499 g/mol. The summed E-state index contributed by atoms with van der Waals surface area (Å²) in [7, 11) is 0. The molecule has 3 aromatic rings. The van der Waals surface area contributed by atoms with Crippen LogP contribution in [-0.2, 0) is 22.7 Å². The van der Waals surface area contributed by atoms with Crippen LogP contribution in [0.4, 0.5) is 0 Å². The van der Waals surface area contributed by atoms with E-state index in [-0.39, 0.29) is 24.1 Å². The first-order chi connectivity index (χ1) is 18.0. The molecule has 0 radical (unpaired) electrons. The van der Waals surface area contributed by atoms with E-state index in [9.17, 15) is 14.4 Å². The molecule has 2 saturated heterocycles. The SMILES string of the molecule is Cc1oc(-c2ccccc2)nc1CN1CCC(c2ccc3c(c2)CN(C2CCC(=O)NC2=O)C3=O)CC1. The zero-order valence-corrected chi connectivity index (χ0v) is 20.9. The smallest absolute Gasteiger partial charge is 0.255 e. The number of carbonyl (C=O) groups excluding carboxylic acids is 3. The quantitative estimate of drug-likeness (QED) is 0.538. The standard InChI is InChI=1S/C29H30N4O4/c1-18-24(30-28(37-18)20-5-3-2-4-6-20)17-32-13-11-19(12-14-32)21-7-8-23-22(15-21)16-33(29(23)36)25-9-10-26(34)31-27(25)35/h2-8,15,19,25H,9-14,16-17H2,1H3,(H,31,34,35). The second-order valence-corrected chi connectivity index (χ2v) is 10.3. The summed E-state index contributed by atoms with van der Waals surface area (Å²) in [5, 5.41) is 2.36. The first-order valence-electron chi connectivity index (χ1n) is 13.0. The van der Waals surface area contributed by atoms with Crippen LogP contribution in [0.1, 0.15) is 64.5 Å². The number of fused-ring (bicyclic) bond motifs is 1. The van der Waals surface area contributed by atoms with Gasteiger partial charge in [0.05, 0.1) is 5.69 Å². The number of hydrogen-bond acceptors (Lipinski definition) is 6. The largest absolute Gasteiger partial charge is 0.441 e. The molecule has 3 aliphatic rings. The molecule has 4 heterocycles. The van der Waals surface area contributed by atoms with Gasteiger partial charge in [-0.25, -0.2) is 4.98 Å². The minimum absolute atomic E-state index is 0.122. The maximum absolute atomic E-state index is 13.0. The highest BCUT2D eigenvalue weighted by atomic mass is 16.4. The van der Waals surface area contributed by atoms with E-state index >= 15 is 0 Å². The lowest BCUT2D eigenvalue weighted by atomic mass is 9.88. The van der Waals surface area contributed by atoms with Crippen molar-refractivity contribution in [3.63, 3.8) is 0 Å². The van der Waals surface area contributed by atoms with Gasteiger partial charge >= 0.3 is 0 Å². The number of carbonyl (C=O) groups is 3. The molecule has 1 N–H and O–H groups in total.